The SMILES string of the molecule is C=C(C)CNC(=O)NCC1(CC(=O)O)CCC1. The van der Waals surface area contributed by atoms with E-state index < -0.39 is 5.97 Å². The predicted octanol–water partition coefficient (Wildman–Crippen LogP) is 1.51. The van der Waals surface area contributed by atoms with Crippen LogP contribution in [0.15, 0.2) is 12.2 Å². The topological polar surface area (TPSA) is 78.4 Å². The molecule has 0 saturated heterocycles. The number of nitrogens with one attached hydrogen (secondary N) is 2. The van der Waals surface area contributed by atoms with E-state index in [1.54, 1.807) is 0 Å². The van der Waals surface area contributed by atoms with Gasteiger partial charge in [0.2, 0.25) is 0 Å². The van der Waals surface area contributed by atoms with Gasteiger partial charge in [-0.2, -0.15) is 0 Å². The van der Waals surface area contributed by atoms with Crippen LogP contribution in [0.2, 0.25) is 0 Å². The summed E-state index contributed by atoms with van der Waals surface area (Å²) in [6.07, 6.45) is 2.93. The fourth-order valence-corrected chi connectivity index (χ4v) is 1.98. The van der Waals surface area contributed by atoms with Crippen molar-refractivity contribution in [3.8, 4) is 0 Å². The van der Waals surface area contributed by atoms with E-state index in [0.717, 1.165) is 24.8 Å². The Labute approximate surface area is 101 Å². The Balaban J connectivity index is 2.30. The van der Waals surface area contributed by atoms with Crippen molar-refractivity contribution in [2.45, 2.75) is 32.6 Å². The lowest BCUT2D eigenvalue weighted by Gasteiger charge is -2.40. The zero-order valence-corrected chi connectivity index (χ0v) is 10.2. The molecule has 3 N–H and O–H groups in total. The zero-order valence-electron chi connectivity index (χ0n) is 10.2. The summed E-state index contributed by atoms with van der Waals surface area (Å²) in [7, 11) is 0. The second kappa shape index (κ2) is 5.70. The number of rotatable bonds is 6. The van der Waals surface area contributed by atoms with Crippen LogP contribution in [0.4, 0.5) is 4.79 Å². The maximum absolute atomic E-state index is 11.4. The first-order valence-electron chi connectivity index (χ1n) is 5.81. The number of carbonyl (C=O) groups is 2. The van der Waals surface area contributed by atoms with E-state index in [1.165, 1.54) is 0 Å². The molecule has 0 radical (unpaired) electrons. The standard InChI is InChI=1S/C12H20N2O3/c1-9(2)7-13-11(17)14-8-12(4-3-5-12)6-10(15)16/h1,3-8H2,2H3,(H,15,16)(H2,13,14,17). The van der Waals surface area contributed by atoms with Crippen LogP contribution in [-0.4, -0.2) is 30.2 Å². The van der Waals surface area contributed by atoms with Crippen molar-refractivity contribution < 1.29 is 14.7 Å². The highest BCUT2D eigenvalue weighted by Crippen LogP contribution is 2.43. The van der Waals surface area contributed by atoms with Crippen LogP contribution < -0.4 is 10.6 Å². The summed E-state index contributed by atoms with van der Waals surface area (Å²) in [6, 6.07) is -0.260. The maximum atomic E-state index is 11.4. The number of urea groups is 1. The third-order valence-electron chi connectivity index (χ3n) is 3.12. The van der Waals surface area contributed by atoms with Crippen LogP contribution in [-0.2, 0) is 4.79 Å². The number of carboxylic acid groups (broad SMARTS) is 1. The maximum Gasteiger partial charge on any atom is 0.315 e. The first-order valence-corrected chi connectivity index (χ1v) is 5.81. The molecule has 1 saturated carbocycles. The van der Waals surface area contributed by atoms with E-state index in [0.29, 0.717) is 13.1 Å². The molecule has 17 heavy (non-hydrogen) atoms. The summed E-state index contributed by atoms with van der Waals surface area (Å²) in [4.78, 5) is 22.1. The molecule has 1 fully saturated rings. The summed E-state index contributed by atoms with van der Waals surface area (Å²) in [5, 5.41) is 14.2. The minimum atomic E-state index is -0.797. The van der Waals surface area contributed by atoms with Crippen LogP contribution in [0.25, 0.3) is 0 Å². The van der Waals surface area contributed by atoms with Gasteiger partial charge in [0, 0.05) is 13.1 Å². The van der Waals surface area contributed by atoms with Gasteiger partial charge in [0.1, 0.15) is 0 Å². The van der Waals surface area contributed by atoms with Gasteiger partial charge in [-0.15, -0.1) is 0 Å². The van der Waals surface area contributed by atoms with Gasteiger partial charge >= 0.3 is 12.0 Å². The molecular weight excluding hydrogens is 220 g/mol. The van der Waals surface area contributed by atoms with Crippen molar-refractivity contribution >= 4 is 12.0 Å². The second-order valence-corrected chi connectivity index (χ2v) is 4.92. The van der Waals surface area contributed by atoms with E-state index in [9.17, 15) is 9.59 Å². The minimum Gasteiger partial charge on any atom is -0.481 e. The molecular formula is C12H20N2O3. The highest BCUT2D eigenvalue weighted by molar-refractivity contribution is 5.74. The minimum absolute atomic E-state index is 0.133. The summed E-state index contributed by atoms with van der Waals surface area (Å²) < 4.78 is 0. The molecule has 0 spiro atoms. The van der Waals surface area contributed by atoms with Gasteiger partial charge in [-0.05, 0) is 25.2 Å². The van der Waals surface area contributed by atoms with Crippen LogP contribution in [0, 0.1) is 5.41 Å². The molecule has 0 aromatic carbocycles. The van der Waals surface area contributed by atoms with Gasteiger partial charge in [-0.3, -0.25) is 4.79 Å². The lowest BCUT2D eigenvalue weighted by atomic mass is 9.66. The van der Waals surface area contributed by atoms with E-state index in [4.69, 9.17) is 5.11 Å². The third kappa shape index (κ3) is 4.46. The summed E-state index contributed by atoms with van der Waals surface area (Å²) in [5.74, 6) is -0.797. The van der Waals surface area contributed by atoms with Gasteiger partial charge in [0.25, 0.3) is 0 Å². The molecule has 0 atom stereocenters. The van der Waals surface area contributed by atoms with Crippen LogP contribution >= 0.6 is 0 Å². The molecule has 0 unspecified atom stereocenters. The Bertz CT molecular complexity index is 322. The quantitative estimate of drug-likeness (QED) is 0.616. The van der Waals surface area contributed by atoms with E-state index in [2.05, 4.69) is 17.2 Å². The molecule has 0 heterocycles. The van der Waals surface area contributed by atoms with E-state index in [-0.39, 0.29) is 17.9 Å². The lowest BCUT2D eigenvalue weighted by molar-refractivity contribution is -0.141. The molecule has 1 aliphatic carbocycles. The molecule has 0 bridgehead atoms. The first kappa shape index (κ1) is 13.5. The number of aliphatic carboxylic acids is 1. The van der Waals surface area contributed by atoms with Crippen molar-refractivity contribution in [2.75, 3.05) is 13.1 Å². The summed E-state index contributed by atoms with van der Waals surface area (Å²) >= 11 is 0. The highest BCUT2D eigenvalue weighted by Gasteiger charge is 2.39. The molecule has 2 amide bonds. The van der Waals surface area contributed by atoms with Crippen LogP contribution in [0.5, 0.6) is 0 Å². The second-order valence-electron chi connectivity index (χ2n) is 4.92. The van der Waals surface area contributed by atoms with Gasteiger partial charge in [-0.1, -0.05) is 18.6 Å². The lowest BCUT2D eigenvalue weighted by Crippen LogP contribution is -2.46. The molecule has 1 rings (SSSR count). The molecule has 0 aromatic heterocycles. The Morgan fingerprint density at radius 1 is 1.35 bits per heavy atom. The van der Waals surface area contributed by atoms with Crippen LogP contribution in [0.3, 0.4) is 0 Å². The smallest absolute Gasteiger partial charge is 0.315 e. The summed E-state index contributed by atoms with van der Waals surface area (Å²) in [5.41, 5.74) is 0.649. The third-order valence-corrected chi connectivity index (χ3v) is 3.12. The van der Waals surface area contributed by atoms with Gasteiger partial charge in [-0.25, -0.2) is 4.79 Å². The number of hydrogen-bond acceptors (Lipinski definition) is 2. The molecule has 5 nitrogen and oxygen atoms in total. The number of amides is 2. The average molecular weight is 240 g/mol. The van der Waals surface area contributed by atoms with Gasteiger partial charge in [0.05, 0.1) is 6.42 Å². The van der Waals surface area contributed by atoms with Crippen molar-refractivity contribution in [1.82, 2.24) is 10.6 Å². The fourth-order valence-electron chi connectivity index (χ4n) is 1.98. The monoisotopic (exact) mass is 240 g/mol. The normalized spacial score (nSPS) is 16.8. The first-order chi connectivity index (χ1) is 7.93. The summed E-state index contributed by atoms with van der Waals surface area (Å²) in [6.45, 7) is 6.39. The van der Waals surface area contributed by atoms with E-state index >= 15 is 0 Å². The number of hydrogen-bond donors (Lipinski definition) is 3. The Morgan fingerprint density at radius 2 is 2.00 bits per heavy atom. The average Bonchev–Trinajstić information content (AvgIpc) is 2.18. The number of carbonyl (C=O) groups excluding carboxylic acids is 1. The molecule has 5 heteroatoms. The van der Waals surface area contributed by atoms with E-state index in [1.807, 2.05) is 6.92 Å². The predicted molar refractivity (Wildman–Crippen MR) is 64.8 cm³/mol. The highest BCUT2D eigenvalue weighted by atomic mass is 16.4. The van der Waals surface area contributed by atoms with Gasteiger partial charge in [0.15, 0.2) is 0 Å². The largest absolute Gasteiger partial charge is 0.481 e. The van der Waals surface area contributed by atoms with Crippen molar-refractivity contribution in [3.05, 3.63) is 12.2 Å². The molecule has 1 aliphatic rings. The van der Waals surface area contributed by atoms with Crippen molar-refractivity contribution in [2.24, 2.45) is 5.41 Å². The van der Waals surface area contributed by atoms with Gasteiger partial charge < -0.3 is 15.7 Å². The van der Waals surface area contributed by atoms with Crippen molar-refractivity contribution in [1.29, 1.82) is 0 Å². The van der Waals surface area contributed by atoms with Crippen LogP contribution in [0.1, 0.15) is 32.6 Å². The fraction of sp³-hybridized carbons (Fsp3) is 0.667. The Morgan fingerprint density at radius 3 is 2.41 bits per heavy atom. The number of carboxylic acids is 1. The zero-order chi connectivity index (χ0) is 12.9. The Kier molecular flexibility index (Phi) is 4.54. The van der Waals surface area contributed by atoms with Crippen molar-refractivity contribution in [3.63, 3.8) is 0 Å². The molecule has 0 aromatic rings. The Hall–Kier alpha value is -1.52. The molecule has 0 aliphatic heterocycles. The molecule has 96 valence electrons.